The lowest BCUT2D eigenvalue weighted by Gasteiger charge is -2.34. The smallest absolute Gasteiger partial charge is 0.138 e. The maximum Gasteiger partial charge on any atom is 0.138 e. The molecular formula is C16H22N4. The second-order valence-electron chi connectivity index (χ2n) is 6.20. The number of benzene rings is 1. The summed E-state index contributed by atoms with van der Waals surface area (Å²) >= 11 is 0. The molecule has 0 saturated heterocycles. The zero-order valence-electron chi connectivity index (χ0n) is 12.2. The molecule has 0 amide bonds. The molecule has 3 rings (SSSR count). The molecule has 1 unspecified atom stereocenters. The van der Waals surface area contributed by atoms with Crippen LogP contribution in [0.1, 0.15) is 43.3 Å². The molecule has 20 heavy (non-hydrogen) atoms. The third-order valence-corrected chi connectivity index (χ3v) is 4.20. The van der Waals surface area contributed by atoms with Crippen LogP contribution in [-0.4, -0.2) is 20.3 Å². The highest BCUT2D eigenvalue weighted by Gasteiger charge is 2.32. The fourth-order valence-corrected chi connectivity index (χ4v) is 3.12. The van der Waals surface area contributed by atoms with Gasteiger partial charge in [-0.25, -0.2) is 9.67 Å². The van der Waals surface area contributed by atoms with Gasteiger partial charge in [-0.3, -0.25) is 0 Å². The summed E-state index contributed by atoms with van der Waals surface area (Å²) in [6, 6.07) is 8.94. The van der Waals surface area contributed by atoms with Crippen LogP contribution in [0.3, 0.4) is 0 Å². The summed E-state index contributed by atoms with van der Waals surface area (Å²) in [5.41, 5.74) is 9.28. The number of rotatable bonds is 3. The van der Waals surface area contributed by atoms with Crippen molar-refractivity contribution in [1.82, 2.24) is 14.8 Å². The molecule has 2 aromatic rings. The molecule has 1 atom stereocenters. The Bertz CT molecular complexity index is 602. The molecule has 1 heterocycles. The summed E-state index contributed by atoms with van der Waals surface area (Å²) in [6.45, 7) is 4.25. The van der Waals surface area contributed by atoms with Gasteiger partial charge >= 0.3 is 0 Å². The van der Waals surface area contributed by atoms with Crippen molar-refractivity contribution in [3.05, 3.63) is 47.5 Å². The molecular weight excluding hydrogens is 248 g/mol. The van der Waals surface area contributed by atoms with Crippen LogP contribution in [0.5, 0.6) is 0 Å². The van der Waals surface area contributed by atoms with Crippen molar-refractivity contribution < 1.29 is 0 Å². The fourth-order valence-electron chi connectivity index (χ4n) is 3.12. The Labute approximate surface area is 120 Å². The van der Waals surface area contributed by atoms with Crippen LogP contribution < -0.4 is 5.73 Å². The van der Waals surface area contributed by atoms with Gasteiger partial charge in [0.2, 0.25) is 0 Å². The van der Waals surface area contributed by atoms with E-state index >= 15 is 0 Å². The lowest BCUT2D eigenvalue weighted by molar-refractivity contribution is 0.349. The van der Waals surface area contributed by atoms with Crippen LogP contribution >= 0.6 is 0 Å². The Morgan fingerprint density at radius 3 is 2.80 bits per heavy atom. The molecule has 0 spiro atoms. The molecule has 1 aliphatic carbocycles. The number of aryl methyl sites for hydroxylation is 1. The van der Waals surface area contributed by atoms with Crippen LogP contribution in [0, 0.1) is 0 Å². The Morgan fingerprint density at radius 1 is 1.30 bits per heavy atom. The first-order valence-corrected chi connectivity index (χ1v) is 7.31. The van der Waals surface area contributed by atoms with E-state index < -0.39 is 0 Å². The first-order valence-electron chi connectivity index (χ1n) is 7.31. The minimum atomic E-state index is -0.200. The number of fused-ring (bicyclic) bond motifs is 1. The van der Waals surface area contributed by atoms with Crippen LogP contribution in [0.15, 0.2) is 30.6 Å². The fraction of sp³-hybridized carbons (Fsp3) is 0.500. The maximum atomic E-state index is 6.65. The molecule has 1 aromatic carbocycles. The number of hydrogen-bond donors (Lipinski definition) is 1. The van der Waals surface area contributed by atoms with Crippen molar-refractivity contribution in [3.63, 3.8) is 0 Å². The average molecular weight is 270 g/mol. The minimum Gasteiger partial charge on any atom is -0.324 e. The van der Waals surface area contributed by atoms with Crippen LogP contribution in [0.4, 0.5) is 0 Å². The molecule has 4 nitrogen and oxygen atoms in total. The number of nitrogens with zero attached hydrogens (tertiary/aromatic N) is 3. The van der Waals surface area contributed by atoms with E-state index in [1.165, 1.54) is 11.1 Å². The normalized spacial score (nSPS) is 22.0. The van der Waals surface area contributed by atoms with Crippen molar-refractivity contribution in [2.75, 3.05) is 0 Å². The summed E-state index contributed by atoms with van der Waals surface area (Å²) in [4.78, 5) is 4.40. The first kappa shape index (κ1) is 13.3. The lowest BCUT2D eigenvalue weighted by Crippen LogP contribution is -2.47. The Balaban J connectivity index is 1.83. The molecule has 1 aliphatic rings. The van der Waals surface area contributed by atoms with Gasteiger partial charge in [-0.1, -0.05) is 24.3 Å². The van der Waals surface area contributed by atoms with Gasteiger partial charge in [-0.2, -0.15) is 5.10 Å². The van der Waals surface area contributed by atoms with E-state index in [2.05, 4.69) is 48.2 Å². The van der Waals surface area contributed by atoms with Crippen molar-refractivity contribution in [1.29, 1.82) is 0 Å². The highest BCUT2D eigenvalue weighted by molar-refractivity contribution is 5.32. The third kappa shape index (κ3) is 2.48. The van der Waals surface area contributed by atoms with Gasteiger partial charge in [0.15, 0.2) is 0 Å². The summed E-state index contributed by atoms with van der Waals surface area (Å²) in [5.74, 6) is 1.00. The zero-order chi connectivity index (χ0) is 14.2. The number of hydrogen-bond acceptors (Lipinski definition) is 3. The zero-order valence-corrected chi connectivity index (χ0v) is 12.2. The van der Waals surface area contributed by atoms with Gasteiger partial charge in [0.05, 0.1) is 0 Å². The first-order chi connectivity index (χ1) is 9.57. The van der Waals surface area contributed by atoms with Gasteiger partial charge in [-0.05, 0) is 44.2 Å². The van der Waals surface area contributed by atoms with E-state index in [4.69, 9.17) is 5.73 Å². The highest BCUT2D eigenvalue weighted by Crippen LogP contribution is 2.29. The third-order valence-electron chi connectivity index (χ3n) is 4.20. The summed E-state index contributed by atoms with van der Waals surface area (Å²) in [5, 5.41) is 4.31. The van der Waals surface area contributed by atoms with E-state index in [1.807, 2.05) is 4.68 Å². The van der Waals surface area contributed by atoms with Crippen LogP contribution in [0.25, 0.3) is 0 Å². The molecule has 2 N–H and O–H groups in total. The van der Waals surface area contributed by atoms with E-state index in [-0.39, 0.29) is 5.54 Å². The highest BCUT2D eigenvalue weighted by atomic mass is 15.3. The molecule has 0 fully saturated rings. The molecule has 0 saturated carbocycles. The average Bonchev–Trinajstić information content (AvgIpc) is 2.86. The predicted molar refractivity (Wildman–Crippen MR) is 79.5 cm³/mol. The monoisotopic (exact) mass is 270 g/mol. The van der Waals surface area contributed by atoms with Gasteiger partial charge in [0.1, 0.15) is 12.2 Å². The van der Waals surface area contributed by atoms with Crippen LogP contribution in [-0.2, 0) is 19.3 Å². The van der Waals surface area contributed by atoms with E-state index in [0.29, 0.717) is 6.04 Å². The van der Waals surface area contributed by atoms with Gasteiger partial charge < -0.3 is 5.73 Å². The lowest BCUT2D eigenvalue weighted by atomic mass is 9.76. The summed E-state index contributed by atoms with van der Waals surface area (Å²) in [6.07, 6.45) is 5.42. The topological polar surface area (TPSA) is 56.7 Å². The largest absolute Gasteiger partial charge is 0.324 e. The molecule has 4 heteroatoms. The Kier molecular flexibility index (Phi) is 3.34. The van der Waals surface area contributed by atoms with E-state index in [1.54, 1.807) is 6.33 Å². The molecule has 1 aromatic heterocycles. The van der Waals surface area contributed by atoms with Crippen LogP contribution in [0.2, 0.25) is 0 Å². The summed E-state index contributed by atoms with van der Waals surface area (Å²) in [7, 11) is 0. The number of aromatic nitrogens is 3. The van der Waals surface area contributed by atoms with E-state index in [0.717, 1.165) is 31.5 Å². The van der Waals surface area contributed by atoms with Gasteiger partial charge in [0.25, 0.3) is 0 Å². The molecule has 106 valence electrons. The van der Waals surface area contributed by atoms with Crippen molar-refractivity contribution in [2.45, 2.75) is 51.1 Å². The van der Waals surface area contributed by atoms with Crippen molar-refractivity contribution in [3.8, 4) is 0 Å². The molecule has 0 bridgehead atoms. The predicted octanol–water partition coefficient (Wildman–Crippen LogP) is 2.29. The summed E-state index contributed by atoms with van der Waals surface area (Å²) < 4.78 is 1.98. The van der Waals surface area contributed by atoms with Crippen molar-refractivity contribution >= 4 is 0 Å². The minimum absolute atomic E-state index is 0.200. The second kappa shape index (κ2) is 5.02. The SMILES string of the molecule is CC(C)n1ncnc1CC1(N)CCc2ccccc2C1. The quantitative estimate of drug-likeness (QED) is 0.931. The number of nitrogens with two attached hydrogens (primary N) is 1. The van der Waals surface area contributed by atoms with Gasteiger partial charge in [-0.15, -0.1) is 0 Å². The van der Waals surface area contributed by atoms with E-state index in [9.17, 15) is 0 Å². The standard InChI is InChI=1S/C16H22N4/c1-12(2)20-15(18-11-19-20)10-16(17)8-7-13-5-3-4-6-14(13)9-16/h3-6,11-12H,7-10,17H2,1-2H3. The van der Waals surface area contributed by atoms with Gasteiger partial charge in [0, 0.05) is 18.0 Å². The van der Waals surface area contributed by atoms with Crippen molar-refractivity contribution in [2.24, 2.45) is 5.73 Å². The maximum absolute atomic E-state index is 6.65. The Hall–Kier alpha value is -1.68. The second-order valence-corrected chi connectivity index (χ2v) is 6.20. The Morgan fingerprint density at radius 2 is 2.05 bits per heavy atom. The molecule has 0 aliphatic heterocycles. The molecule has 0 radical (unpaired) electrons.